The van der Waals surface area contributed by atoms with E-state index in [1.165, 1.54) is 19.2 Å². The molecule has 3 atom stereocenters. The molecular weight excluding hydrogens is 514 g/mol. The van der Waals surface area contributed by atoms with Crippen molar-refractivity contribution in [1.82, 2.24) is 0 Å². The minimum Gasteiger partial charge on any atom is -0.468 e. The Bertz CT molecular complexity index is 1050. The zero-order chi connectivity index (χ0) is 30.9. The van der Waals surface area contributed by atoms with Crippen LogP contribution < -0.4 is 15.2 Å². The fraction of sp³-hybridized carbons (Fsp3) is 0.677. The molecule has 0 amide bonds. The molecule has 0 aliphatic heterocycles. The molecule has 1 aromatic rings. The first-order valence-electron chi connectivity index (χ1n) is 14.1. The summed E-state index contributed by atoms with van der Waals surface area (Å²) in [6.45, 7) is 16.4. The van der Waals surface area contributed by atoms with Crippen molar-refractivity contribution < 1.29 is 38.1 Å². The first kappa shape index (κ1) is 35.1. The fourth-order valence-corrected chi connectivity index (χ4v) is 3.64. The van der Waals surface area contributed by atoms with E-state index < -0.39 is 40.4 Å². The van der Waals surface area contributed by atoms with Crippen molar-refractivity contribution in [1.29, 1.82) is 0 Å². The highest BCUT2D eigenvalue weighted by molar-refractivity contribution is 5.82. The molecule has 1 aromatic carbocycles. The molecular formula is C31H49NO8. The number of carbonyl (C=O) groups is 4. The Morgan fingerprint density at radius 1 is 0.850 bits per heavy atom. The van der Waals surface area contributed by atoms with Gasteiger partial charge in [-0.1, -0.05) is 40.2 Å². The summed E-state index contributed by atoms with van der Waals surface area (Å²) in [5, 5.41) is 0. The first-order chi connectivity index (χ1) is 18.4. The van der Waals surface area contributed by atoms with Crippen LogP contribution in [0.15, 0.2) is 18.2 Å². The number of hydrogen-bond donors (Lipinski definition) is 1. The van der Waals surface area contributed by atoms with Crippen LogP contribution in [0.4, 0.5) is 0 Å². The highest BCUT2D eigenvalue weighted by atomic mass is 16.6. The summed E-state index contributed by atoms with van der Waals surface area (Å²) < 4.78 is 21.9. The second-order valence-electron chi connectivity index (χ2n) is 12.1. The van der Waals surface area contributed by atoms with Gasteiger partial charge in [0.2, 0.25) is 0 Å². The Balaban J connectivity index is 3.36. The van der Waals surface area contributed by atoms with Crippen molar-refractivity contribution in [2.24, 2.45) is 22.5 Å². The highest BCUT2D eigenvalue weighted by Crippen LogP contribution is 2.35. The van der Waals surface area contributed by atoms with Crippen molar-refractivity contribution >= 4 is 23.9 Å². The third kappa shape index (κ3) is 9.91. The lowest BCUT2D eigenvalue weighted by Gasteiger charge is -2.30. The van der Waals surface area contributed by atoms with E-state index in [2.05, 4.69) is 0 Å². The maximum absolute atomic E-state index is 12.9. The van der Waals surface area contributed by atoms with Crippen LogP contribution in [0.2, 0.25) is 0 Å². The van der Waals surface area contributed by atoms with Crippen molar-refractivity contribution in [2.75, 3.05) is 7.11 Å². The summed E-state index contributed by atoms with van der Waals surface area (Å²) in [7, 11) is 1.24. The summed E-state index contributed by atoms with van der Waals surface area (Å²) in [4.78, 5) is 50.9. The maximum atomic E-state index is 12.9. The number of esters is 4. The molecule has 2 N–H and O–H groups in total. The Morgan fingerprint density at radius 2 is 1.38 bits per heavy atom. The Kier molecular flexibility index (Phi) is 12.8. The third-order valence-electron chi connectivity index (χ3n) is 7.59. The van der Waals surface area contributed by atoms with Gasteiger partial charge in [-0.2, -0.15) is 0 Å². The van der Waals surface area contributed by atoms with Crippen molar-refractivity contribution in [3.63, 3.8) is 0 Å². The Labute approximate surface area is 239 Å². The molecule has 0 spiro atoms. The summed E-state index contributed by atoms with van der Waals surface area (Å²) in [6, 6.07) is 4.71. The SMILES string of the molecule is CCC(C)CC(=O)OC(C)C[C@@](N)(Cc1ccc(OC(=O)C(C)(C)CC)c(OC(=O)C(C)(C)CC)c1)C(=O)OC. The van der Waals surface area contributed by atoms with Crippen LogP contribution in [0.3, 0.4) is 0 Å². The van der Waals surface area contributed by atoms with Crippen molar-refractivity contribution in [2.45, 2.75) is 112 Å². The van der Waals surface area contributed by atoms with Crippen LogP contribution >= 0.6 is 0 Å². The zero-order valence-corrected chi connectivity index (χ0v) is 26.0. The quantitative estimate of drug-likeness (QED) is 0.216. The third-order valence-corrected chi connectivity index (χ3v) is 7.59. The predicted octanol–water partition coefficient (Wildman–Crippen LogP) is 5.54. The number of methoxy groups -OCH3 is 1. The molecule has 0 fully saturated rings. The van der Waals surface area contributed by atoms with Gasteiger partial charge in [-0.15, -0.1) is 0 Å². The van der Waals surface area contributed by atoms with E-state index >= 15 is 0 Å². The number of nitrogens with two attached hydrogens (primary N) is 1. The first-order valence-corrected chi connectivity index (χ1v) is 14.1. The molecule has 0 aliphatic carbocycles. The predicted molar refractivity (Wildman–Crippen MR) is 153 cm³/mol. The van der Waals surface area contributed by atoms with E-state index in [-0.39, 0.29) is 42.6 Å². The number of hydrogen-bond acceptors (Lipinski definition) is 9. The summed E-state index contributed by atoms with van der Waals surface area (Å²) >= 11 is 0. The van der Waals surface area contributed by atoms with Crippen LogP contribution in [-0.2, 0) is 35.1 Å². The highest BCUT2D eigenvalue weighted by Gasteiger charge is 2.39. The van der Waals surface area contributed by atoms with Crippen molar-refractivity contribution in [3.05, 3.63) is 23.8 Å². The van der Waals surface area contributed by atoms with Gasteiger partial charge in [0.05, 0.1) is 17.9 Å². The average Bonchev–Trinajstić information content (AvgIpc) is 2.88. The lowest BCUT2D eigenvalue weighted by atomic mass is 9.86. The van der Waals surface area contributed by atoms with Gasteiger partial charge in [-0.25, -0.2) is 0 Å². The van der Waals surface area contributed by atoms with Gasteiger partial charge >= 0.3 is 23.9 Å². The van der Waals surface area contributed by atoms with Crippen LogP contribution in [0.5, 0.6) is 11.5 Å². The van der Waals surface area contributed by atoms with E-state index in [1.54, 1.807) is 40.7 Å². The van der Waals surface area contributed by atoms with Crippen LogP contribution in [0, 0.1) is 16.7 Å². The summed E-state index contributed by atoms with van der Waals surface area (Å²) in [6.07, 6.45) is 1.54. The second-order valence-corrected chi connectivity index (χ2v) is 12.1. The minimum atomic E-state index is -1.54. The molecule has 0 saturated carbocycles. The Morgan fingerprint density at radius 3 is 1.85 bits per heavy atom. The molecule has 0 aromatic heterocycles. The summed E-state index contributed by atoms with van der Waals surface area (Å²) in [5.74, 6) is -1.69. The smallest absolute Gasteiger partial charge is 0.326 e. The largest absolute Gasteiger partial charge is 0.468 e. The minimum absolute atomic E-state index is 0.00529. The average molecular weight is 564 g/mol. The van der Waals surface area contributed by atoms with Gasteiger partial charge in [-0.3, -0.25) is 19.2 Å². The maximum Gasteiger partial charge on any atom is 0.326 e. The van der Waals surface area contributed by atoms with Gasteiger partial charge in [-0.05, 0) is 71.1 Å². The second kappa shape index (κ2) is 14.6. The number of benzene rings is 1. The molecule has 226 valence electrons. The van der Waals surface area contributed by atoms with Gasteiger partial charge in [0, 0.05) is 19.3 Å². The van der Waals surface area contributed by atoms with E-state index in [4.69, 9.17) is 24.7 Å². The molecule has 9 heteroatoms. The molecule has 9 nitrogen and oxygen atoms in total. The van der Waals surface area contributed by atoms with Crippen molar-refractivity contribution in [3.8, 4) is 11.5 Å². The molecule has 0 saturated heterocycles. The van der Waals surface area contributed by atoms with Gasteiger partial charge < -0.3 is 24.7 Å². The molecule has 40 heavy (non-hydrogen) atoms. The van der Waals surface area contributed by atoms with E-state index in [9.17, 15) is 19.2 Å². The molecule has 0 aliphatic rings. The molecule has 2 unspecified atom stereocenters. The molecule has 0 bridgehead atoms. The van der Waals surface area contributed by atoms with Crippen LogP contribution in [0.1, 0.15) is 100.0 Å². The van der Waals surface area contributed by atoms with Crippen LogP contribution in [-0.4, -0.2) is 42.6 Å². The number of ether oxygens (including phenoxy) is 4. The van der Waals surface area contributed by atoms with E-state index in [0.717, 1.165) is 6.42 Å². The number of rotatable bonds is 15. The monoisotopic (exact) mass is 563 g/mol. The Hall–Kier alpha value is -2.94. The number of carbonyl (C=O) groups excluding carboxylic acids is 4. The standard InChI is InChI=1S/C31H49NO8/c1-11-20(4)16-25(33)38-21(5)18-31(32,28(36)37-10)19-22-14-15-23(39-26(34)29(6,7)12-2)24(17-22)40-27(35)30(8,9)13-3/h14-15,17,20-21H,11-13,16,18-19,32H2,1-10H3/t20?,21?,31-/m1/s1. The molecule has 0 radical (unpaired) electrons. The molecule has 1 rings (SSSR count). The topological polar surface area (TPSA) is 131 Å². The van der Waals surface area contributed by atoms with E-state index in [0.29, 0.717) is 18.4 Å². The van der Waals surface area contributed by atoms with Gasteiger partial charge in [0.25, 0.3) is 0 Å². The molecule has 0 heterocycles. The van der Waals surface area contributed by atoms with E-state index in [1.807, 2.05) is 27.7 Å². The van der Waals surface area contributed by atoms with Gasteiger partial charge in [0.15, 0.2) is 11.5 Å². The lowest BCUT2D eigenvalue weighted by molar-refractivity contribution is -0.155. The zero-order valence-electron chi connectivity index (χ0n) is 26.0. The van der Waals surface area contributed by atoms with Gasteiger partial charge in [0.1, 0.15) is 11.6 Å². The summed E-state index contributed by atoms with van der Waals surface area (Å²) in [5.41, 5.74) is 4.03. The lowest BCUT2D eigenvalue weighted by Crippen LogP contribution is -2.53. The van der Waals surface area contributed by atoms with Crippen LogP contribution in [0.25, 0.3) is 0 Å². The fourth-order valence-electron chi connectivity index (χ4n) is 3.64. The normalized spacial score (nSPS) is 14.9.